The topological polar surface area (TPSA) is 48.4 Å². The molecule has 4 rings (SSSR count). The Morgan fingerprint density at radius 3 is 2.58 bits per heavy atom. The lowest BCUT2D eigenvalue weighted by atomic mass is 10.1. The summed E-state index contributed by atoms with van der Waals surface area (Å²) in [7, 11) is 0. The molecule has 0 saturated carbocycles. The van der Waals surface area contributed by atoms with Gasteiger partial charge in [0.2, 0.25) is 0 Å². The molecule has 2 aromatic carbocycles. The van der Waals surface area contributed by atoms with Crippen LogP contribution in [-0.2, 0) is 6.61 Å². The fraction of sp³-hybridized carbons (Fsp3) is 0.227. The number of pyridine rings is 1. The van der Waals surface area contributed by atoms with Crippen molar-refractivity contribution in [3.8, 4) is 11.3 Å². The van der Waals surface area contributed by atoms with E-state index in [0.29, 0.717) is 0 Å². The largest absolute Gasteiger partial charge is 0.392 e. The average Bonchev–Trinajstić information content (AvgIpc) is 3.24. The number of hydrogen-bond acceptors (Lipinski definition) is 4. The number of aromatic nitrogens is 1. The first-order valence-corrected chi connectivity index (χ1v) is 9.12. The molecule has 0 spiro atoms. The summed E-state index contributed by atoms with van der Waals surface area (Å²) < 4.78 is 0. The van der Waals surface area contributed by atoms with Crippen LogP contribution in [0.3, 0.4) is 0 Å². The molecule has 1 aliphatic heterocycles. The average molecular weight is 345 g/mol. The van der Waals surface area contributed by atoms with Crippen molar-refractivity contribution in [3.05, 3.63) is 72.3 Å². The monoisotopic (exact) mass is 345 g/mol. The highest BCUT2D eigenvalue weighted by Gasteiger charge is 2.14. The number of nitrogens with zero attached hydrogens (tertiary/aromatic N) is 2. The van der Waals surface area contributed by atoms with Crippen LogP contribution in [0.1, 0.15) is 18.4 Å². The highest BCUT2D eigenvalue weighted by Crippen LogP contribution is 2.27. The van der Waals surface area contributed by atoms with Gasteiger partial charge >= 0.3 is 0 Å². The van der Waals surface area contributed by atoms with Crippen LogP contribution in [0.15, 0.2) is 66.7 Å². The quantitative estimate of drug-likeness (QED) is 0.710. The predicted molar refractivity (Wildman–Crippen MR) is 107 cm³/mol. The number of nitrogens with one attached hydrogen (secondary N) is 1. The number of aliphatic hydroxyl groups excluding tert-OH is 1. The van der Waals surface area contributed by atoms with Crippen molar-refractivity contribution in [1.29, 1.82) is 0 Å². The number of para-hydroxylation sites is 1. The molecule has 3 aromatic rings. The summed E-state index contributed by atoms with van der Waals surface area (Å²) >= 11 is 0. The third kappa shape index (κ3) is 3.55. The molecule has 4 heteroatoms. The van der Waals surface area contributed by atoms with Crippen LogP contribution >= 0.6 is 0 Å². The zero-order valence-corrected chi connectivity index (χ0v) is 14.7. The van der Waals surface area contributed by atoms with Gasteiger partial charge in [0.1, 0.15) is 5.82 Å². The number of anilines is 3. The van der Waals surface area contributed by atoms with Gasteiger partial charge in [0, 0.05) is 35.6 Å². The molecule has 0 atom stereocenters. The van der Waals surface area contributed by atoms with E-state index in [4.69, 9.17) is 4.98 Å². The molecular formula is C22H23N3O. The fourth-order valence-corrected chi connectivity index (χ4v) is 3.40. The lowest BCUT2D eigenvalue weighted by Crippen LogP contribution is -2.18. The predicted octanol–water partition coefficient (Wildman–Crippen LogP) is 4.58. The van der Waals surface area contributed by atoms with E-state index in [9.17, 15) is 5.11 Å². The van der Waals surface area contributed by atoms with Gasteiger partial charge in [0.15, 0.2) is 0 Å². The van der Waals surface area contributed by atoms with Crippen LogP contribution in [0.4, 0.5) is 17.2 Å². The van der Waals surface area contributed by atoms with Gasteiger partial charge in [-0.3, -0.25) is 0 Å². The zero-order valence-electron chi connectivity index (χ0n) is 14.7. The van der Waals surface area contributed by atoms with E-state index in [1.807, 2.05) is 36.4 Å². The maximum absolute atomic E-state index is 9.51. The highest BCUT2D eigenvalue weighted by molar-refractivity contribution is 5.70. The summed E-state index contributed by atoms with van der Waals surface area (Å²) in [5.41, 5.74) is 4.85. The van der Waals surface area contributed by atoms with E-state index in [-0.39, 0.29) is 6.61 Å². The molecule has 4 nitrogen and oxygen atoms in total. The minimum atomic E-state index is 0.0162. The van der Waals surface area contributed by atoms with Crippen LogP contribution in [0.2, 0.25) is 0 Å². The first-order chi connectivity index (χ1) is 12.8. The van der Waals surface area contributed by atoms with Gasteiger partial charge < -0.3 is 15.3 Å². The van der Waals surface area contributed by atoms with Crippen molar-refractivity contribution in [2.75, 3.05) is 23.3 Å². The van der Waals surface area contributed by atoms with Gasteiger partial charge in [-0.15, -0.1) is 0 Å². The number of aliphatic hydroxyl groups is 1. The Morgan fingerprint density at radius 2 is 1.73 bits per heavy atom. The Labute approximate surface area is 154 Å². The SMILES string of the molecule is OCc1ccccc1Nc1cccc(-c2cccc(N3CCCC3)n2)c1. The van der Waals surface area contributed by atoms with Crippen molar-refractivity contribution >= 4 is 17.2 Å². The molecule has 0 radical (unpaired) electrons. The lowest BCUT2D eigenvalue weighted by Gasteiger charge is -2.17. The van der Waals surface area contributed by atoms with Crippen LogP contribution in [0, 0.1) is 0 Å². The first kappa shape index (κ1) is 16.6. The van der Waals surface area contributed by atoms with E-state index < -0.39 is 0 Å². The van der Waals surface area contributed by atoms with Crippen molar-refractivity contribution in [1.82, 2.24) is 4.98 Å². The van der Waals surface area contributed by atoms with Gasteiger partial charge in [0.25, 0.3) is 0 Å². The van der Waals surface area contributed by atoms with E-state index in [0.717, 1.165) is 47.1 Å². The molecule has 1 fully saturated rings. The minimum absolute atomic E-state index is 0.0162. The van der Waals surface area contributed by atoms with E-state index >= 15 is 0 Å². The normalized spacial score (nSPS) is 13.8. The van der Waals surface area contributed by atoms with Crippen LogP contribution in [0.25, 0.3) is 11.3 Å². The summed E-state index contributed by atoms with van der Waals surface area (Å²) in [5.74, 6) is 1.06. The first-order valence-electron chi connectivity index (χ1n) is 9.12. The Kier molecular flexibility index (Phi) is 4.84. The summed E-state index contributed by atoms with van der Waals surface area (Å²) in [5, 5.41) is 12.9. The van der Waals surface area contributed by atoms with E-state index in [2.05, 4.69) is 40.5 Å². The summed E-state index contributed by atoms with van der Waals surface area (Å²) in [4.78, 5) is 7.22. The Balaban J connectivity index is 1.60. The maximum atomic E-state index is 9.51. The second kappa shape index (κ2) is 7.58. The third-order valence-electron chi connectivity index (χ3n) is 4.79. The molecule has 2 heterocycles. The fourth-order valence-electron chi connectivity index (χ4n) is 3.40. The molecule has 0 amide bonds. The molecule has 132 valence electrons. The summed E-state index contributed by atoms with van der Waals surface area (Å²) in [6.07, 6.45) is 2.49. The van der Waals surface area contributed by atoms with Crippen molar-refractivity contribution < 1.29 is 5.11 Å². The zero-order chi connectivity index (χ0) is 17.8. The Hall–Kier alpha value is -2.85. The van der Waals surface area contributed by atoms with Gasteiger partial charge in [-0.25, -0.2) is 4.98 Å². The van der Waals surface area contributed by atoms with Crippen molar-refractivity contribution in [2.24, 2.45) is 0 Å². The van der Waals surface area contributed by atoms with E-state index in [1.54, 1.807) is 0 Å². The van der Waals surface area contributed by atoms with Gasteiger partial charge in [-0.1, -0.05) is 36.4 Å². The minimum Gasteiger partial charge on any atom is -0.392 e. The van der Waals surface area contributed by atoms with Crippen molar-refractivity contribution in [3.63, 3.8) is 0 Å². The summed E-state index contributed by atoms with van der Waals surface area (Å²) in [6.45, 7) is 2.20. The molecule has 1 aliphatic rings. The smallest absolute Gasteiger partial charge is 0.129 e. The number of rotatable bonds is 5. The second-order valence-corrected chi connectivity index (χ2v) is 6.60. The van der Waals surface area contributed by atoms with Crippen LogP contribution < -0.4 is 10.2 Å². The summed E-state index contributed by atoms with van der Waals surface area (Å²) in [6, 6.07) is 22.3. The van der Waals surface area contributed by atoms with Crippen LogP contribution in [0.5, 0.6) is 0 Å². The molecule has 26 heavy (non-hydrogen) atoms. The molecule has 0 bridgehead atoms. The lowest BCUT2D eigenvalue weighted by molar-refractivity contribution is 0.282. The molecule has 0 unspecified atom stereocenters. The van der Waals surface area contributed by atoms with Crippen molar-refractivity contribution in [2.45, 2.75) is 19.4 Å². The molecule has 0 aliphatic carbocycles. The Morgan fingerprint density at radius 1 is 0.923 bits per heavy atom. The van der Waals surface area contributed by atoms with Gasteiger partial charge in [0.05, 0.1) is 12.3 Å². The molecule has 2 N–H and O–H groups in total. The maximum Gasteiger partial charge on any atom is 0.129 e. The van der Waals surface area contributed by atoms with Gasteiger partial charge in [-0.05, 0) is 43.2 Å². The van der Waals surface area contributed by atoms with Crippen LogP contribution in [-0.4, -0.2) is 23.2 Å². The molecular weight excluding hydrogens is 322 g/mol. The number of benzene rings is 2. The number of hydrogen-bond donors (Lipinski definition) is 2. The Bertz CT molecular complexity index is 888. The standard InChI is InChI=1S/C22H23N3O/c26-16-18-7-1-2-10-21(18)23-19-9-5-8-17(15-19)20-11-6-12-22(24-20)25-13-3-4-14-25/h1-2,5-12,15,23,26H,3-4,13-14,16H2. The highest BCUT2D eigenvalue weighted by atomic mass is 16.3. The third-order valence-corrected chi connectivity index (χ3v) is 4.79. The molecule has 1 saturated heterocycles. The van der Waals surface area contributed by atoms with Gasteiger partial charge in [-0.2, -0.15) is 0 Å². The van der Waals surface area contributed by atoms with E-state index in [1.165, 1.54) is 12.8 Å². The second-order valence-electron chi connectivity index (χ2n) is 6.60. The molecule has 1 aromatic heterocycles.